The van der Waals surface area contributed by atoms with Gasteiger partial charge in [0.05, 0.1) is 5.75 Å². The van der Waals surface area contributed by atoms with Crippen molar-refractivity contribution in [3.63, 3.8) is 0 Å². The van der Waals surface area contributed by atoms with E-state index in [2.05, 4.69) is 19.2 Å². The van der Waals surface area contributed by atoms with Gasteiger partial charge in [0.2, 0.25) is 11.8 Å². The summed E-state index contributed by atoms with van der Waals surface area (Å²) < 4.78 is 0. The fraction of sp³-hybridized carbons (Fsp3) is 0.417. The normalized spacial score (nSPS) is 11.9. The van der Waals surface area contributed by atoms with Gasteiger partial charge in [0.1, 0.15) is 6.04 Å². The highest BCUT2D eigenvalue weighted by molar-refractivity contribution is 7.99. The summed E-state index contributed by atoms with van der Waals surface area (Å²) >= 11 is 7.48. The number of hydrogen-bond donors (Lipinski definition) is 1. The van der Waals surface area contributed by atoms with Crippen molar-refractivity contribution in [2.45, 2.75) is 46.0 Å². The van der Waals surface area contributed by atoms with Gasteiger partial charge in [-0.15, -0.1) is 11.8 Å². The fourth-order valence-corrected chi connectivity index (χ4v) is 3.92. The Labute approximate surface area is 189 Å². The third-order valence-corrected chi connectivity index (χ3v) is 6.10. The summed E-state index contributed by atoms with van der Waals surface area (Å²) in [5, 5.41) is 3.65. The van der Waals surface area contributed by atoms with E-state index in [-0.39, 0.29) is 11.8 Å². The highest BCUT2D eigenvalue weighted by Crippen LogP contribution is 2.18. The topological polar surface area (TPSA) is 49.4 Å². The quantitative estimate of drug-likeness (QED) is 0.554. The molecule has 0 aliphatic heterocycles. The molecule has 2 aromatic carbocycles. The Hall–Kier alpha value is -1.98. The number of carbonyl (C=O) groups is 2. The SMILES string of the molecule is Cc1ccccc1CN(C(=O)CSCc1ccc(Cl)cc1)C(C)C(=O)NCC(C)C. The number of thioether (sulfide) groups is 1. The van der Waals surface area contributed by atoms with Gasteiger partial charge in [0.15, 0.2) is 0 Å². The van der Waals surface area contributed by atoms with Gasteiger partial charge in [-0.3, -0.25) is 9.59 Å². The summed E-state index contributed by atoms with van der Waals surface area (Å²) in [6, 6.07) is 15.1. The molecule has 2 amide bonds. The van der Waals surface area contributed by atoms with Gasteiger partial charge in [-0.1, -0.05) is 61.8 Å². The second-order valence-electron chi connectivity index (χ2n) is 7.88. The maximum absolute atomic E-state index is 13.1. The maximum Gasteiger partial charge on any atom is 0.242 e. The molecule has 0 fully saturated rings. The minimum Gasteiger partial charge on any atom is -0.354 e. The lowest BCUT2D eigenvalue weighted by molar-refractivity contribution is -0.138. The van der Waals surface area contributed by atoms with Crippen molar-refractivity contribution in [1.29, 1.82) is 0 Å². The predicted octanol–water partition coefficient (Wildman–Crippen LogP) is 5.07. The minimum atomic E-state index is -0.535. The van der Waals surface area contributed by atoms with E-state index in [0.717, 1.165) is 22.4 Å². The van der Waals surface area contributed by atoms with Gasteiger partial charge in [0.25, 0.3) is 0 Å². The van der Waals surface area contributed by atoms with E-state index in [9.17, 15) is 9.59 Å². The maximum atomic E-state index is 13.1. The van der Waals surface area contributed by atoms with E-state index >= 15 is 0 Å². The van der Waals surface area contributed by atoms with Gasteiger partial charge in [0, 0.05) is 23.9 Å². The molecule has 0 spiro atoms. The smallest absolute Gasteiger partial charge is 0.242 e. The first-order valence-corrected chi connectivity index (χ1v) is 11.7. The van der Waals surface area contributed by atoms with Gasteiger partial charge in [-0.25, -0.2) is 0 Å². The largest absolute Gasteiger partial charge is 0.354 e. The standard InChI is InChI=1S/C24H31ClN2O2S/c1-17(2)13-26-24(29)19(4)27(14-21-8-6-5-7-18(21)3)23(28)16-30-15-20-9-11-22(25)12-10-20/h5-12,17,19H,13-16H2,1-4H3,(H,26,29). The molecule has 4 nitrogen and oxygen atoms in total. The van der Waals surface area contributed by atoms with Gasteiger partial charge in [-0.2, -0.15) is 0 Å². The first kappa shape index (κ1) is 24.3. The van der Waals surface area contributed by atoms with Gasteiger partial charge < -0.3 is 10.2 Å². The van der Waals surface area contributed by atoms with Crippen molar-refractivity contribution in [3.05, 3.63) is 70.2 Å². The van der Waals surface area contributed by atoms with Crippen LogP contribution >= 0.6 is 23.4 Å². The molecule has 1 unspecified atom stereocenters. The van der Waals surface area contributed by atoms with Crippen LogP contribution in [0.5, 0.6) is 0 Å². The number of aryl methyl sites for hydroxylation is 1. The average molecular weight is 447 g/mol. The lowest BCUT2D eigenvalue weighted by Crippen LogP contribution is -2.48. The van der Waals surface area contributed by atoms with Gasteiger partial charge >= 0.3 is 0 Å². The van der Waals surface area contributed by atoms with Crippen LogP contribution in [0.1, 0.15) is 37.5 Å². The lowest BCUT2D eigenvalue weighted by Gasteiger charge is -2.29. The molecule has 0 saturated heterocycles. The Morgan fingerprint density at radius 1 is 1.07 bits per heavy atom. The second-order valence-corrected chi connectivity index (χ2v) is 9.30. The molecule has 0 aliphatic rings. The number of benzene rings is 2. The Morgan fingerprint density at radius 3 is 2.37 bits per heavy atom. The zero-order valence-corrected chi connectivity index (χ0v) is 19.7. The van der Waals surface area contributed by atoms with Crippen LogP contribution in [0.3, 0.4) is 0 Å². The summed E-state index contributed by atoms with van der Waals surface area (Å²) in [4.78, 5) is 27.4. The molecule has 0 aliphatic carbocycles. The van der Waals surface area contributed by atoms with E-state index in [0.29, 0.717) is 29.8 Å². The zero-order valence-electron chi connectivity index (χ0n) is 18.2. The number of nitrogens with zero attached hydrogens (tertiary/aromatic N) is 1. The van der Waals surface area contributed by atoms with Crippen LogP contribution in [-0.4, -0.2) is 35.1 Å². The predicted molar refractivity (Wildman–Crippen MR) is 127 cm³/mol. The van der Waals surface area contributed by atoms with Crippen LogP contribution in [0.4, 0.5) is 0 Å². The molecule has 1 atom stereocenters. The van der Waals surface area contributed by atoms with Gasteiger partial charge in [-0.05, 0) is 48.6 Å². The average Bonchev–Trinajstić information content (AvgIpc) is 2.72. The number of carbonyl (C=O) groups excluding carboxylic acids is 2. The van der Waals surface area contributed by atoms with E-state index in [4.69, 9.17) is 11.6 Å². The molecule has 6 heteroatoms. The molecule has 1 N–H and O–H groups in total. The molecule has 2 rings (SSSR count). The molecule has 30 heavy (non-hydrogen) atoms. The Morgan fingerprint density at radius 2 is 1.73 bits per heavy atom. The molecular formula is C24H31ClN2O2S. The van der Waals surface area contributed by atoms with Crippen molar-refractivity contribution in [2.75, 3.05) is 12.3 Å². The highest BCUT2D eigenvalue weighted by atomic mass is 35.5. The van der Waals surface area contributed by atoms with Crippen LogP contribution in [0.15, 0.2) is 48.5 Å². The van der Waals surface area contributed by atoms with Crippen LogP contribution in [0.25, 0.3) is 0 Å². The van der Waals surface area contributed by atoms with Crippen molar-refractivity contribution >= 4 is 35.2 Å². The van der Waals surface area contributed by atoms with E-state index in [1.165, 1.54) is 0 Å². The molecule has 0 aromatic heterocycles. The number of hydrogen-bond acceptors (Lipinski definition) is 3. The minimum absolute atomic E-state index is 0.0376. The second kappa shape index (κ2) is 12.0. The van der Waals surface area contributed by atoms with Crippen molar-refractivity contribution in [1.82, 2.24) is 10.2 Å². The summed E-state index contributed by atoms with van der Waals surface area (Å²) in [6.45, 7) is 8.94. The Bertz CT molecular complexity index is 839. The van der Waals surface area contributed by atoms with Crippen molar-refractivity contribution in [2.24, 2.45) is 5.92 Å². The van der Waals surface area contributed by atoms with E-state index < -0.39 is 6.04 Å². The molecule has 0 radical (unpaired) electrons. The van der Waals surface area contributed by atoms with E-state index in [1.807, 2.05) is 55.5 Å². The van der Waals surface area contributed by atoms with Crippen LogP contribution in [-0.2, 0) is 21.9 Å². The van der Waals surface area contributed by atoms with Crippen LogP contribution in [0, 0.1) is 12.8 Å². The Kier molecular flexibility index (Phi) is 9.73. The molecule has 0 saturated carbocycles. The van der Waals surface area contributed by atoms with Crippen molar-refractivity contribution in [3.8, 4) is 0 Å². The molecule has 0 heterocycles. The number of amides is 2. The van der Waals surface area contributed by atoms with Crippen LogP contribution < -0.4 is 5.32 Å². The third-order valence-electron chi connectivity index (χ3n) is 4.86. The molecule has 162 valence electrons. The fourth-order valence-electron chi connectivity index (χ4n) is 2.93. The third kappa shape index (κ3) is 7.69. The van der Waals surface area contributed by atoms with E-state index in [1.54, 1.807) is 23.6 Å². The summed E-state index contributed by atoms with van der Waals surface area (Å²) in [6.07, 6.45) is 0. The summed E-state index contributed by atoms with van der Waals surface area (Å²) in [5.74, 6) is 1.24. The Balaban J connectivity index is 2.06. The number of halogens is 1. The number of rotatable bonds is 10. The molecular weight excluding hydrogens is 416 g/mol. The highest BCUT2D eigenvalue weighted by Gasteiger charge is 2.26. The van der Waals surface area contributed by atoms with Crippen LogP contribution in [0.2, 0.25) is 5.02 Å². The molecule has 0 bridgehead atoms. The summed E-state index contributed by atoms with van der Waals surface area (Å²) in [7, 11) is 0. The first-order chi connectivity index (χ1) is 14.3. The summed E-state index contributed by atoms with van der Waals surface area (Å²) in [5.41, 5.74) is 3.28. The molecule has 2 aromatic rings. The zero-order chi connectivity index (χ0) is 22.1. The lowest BCUT2D eigenvalue weighted by atomic mass is 10.1. The number of nitrogens with one attached hydrogen (secondary N) is 1. The first-order valence-electron chi connectivity index (χ1n) is 10.2. The monoisotopic (exact) mass is 446 g/mol. The van der Waals surface area contributed by atoms with Crippen molar-refractivity contribution < 1.29 is 9.59 Å².